The van der Waals surface area contributed by atoms with Gasteiger partial charge in [0.15, 0.2) is 16.9 Å². The molecule has 2 fully saturated rings. The lowest BCUT2D eigenvalue weighted by molar-refractivity contribution is 0.0125. The van der Waals surface area contributed by atoms with Crippen LogP contribution in [0, 0.1) is 0 Å². The smallest absolute Gasteiger partial charge is 0.164 e. The number of hydrogen-bond donors (Lipinski definition) is 1. The van der Waals surface area contributed by atoms with Crippen LogP contribution in [0.3, 0.4) is 0 Å². The molecular weight excluding hydrogens is 498 g/mol. The topological polar surface area (TPSA) is 64.4 Å². The molecule has 4 aromatic rings. The zero-order valence-corrected chi connectivity index (χ0v) is 22.6. The number of aromatic nitrogens is 3. The van der Waals surface area contributed by atoms with Crippen molar-refractivity contribution in [3.63, 3.8) is 0 Å². The van der Waals surface area contributed by atoms with Gasteiger partial charge in [-0.15, -0.1) is 0 Å². The number of nitrogens with zero attached hydrogens (tertiary/aromatic N) is 4. The van der Waals surface area contributed by atoms with E-state index in [1.165, 1.54) is 6.42 Å². The Morgan fingerprint density at radius 1 is 1.05 bits per heavy atom. The van der Waals surface area contributed by atoms with Crippen LogP contribution in [0.2, 0.25) is 5.02 Å². The van der Waals surface area contributed by atoms with Crippen LogP contribution in [-0.2, 0) is 6.54 Å². The molecule has 198 valence electrons. The van der Waals surface area contributed by atoms with E-state index in [2.05, 4.69) is 33.8 Å². The number of halogens is 1. The molecule has 0 atom stereocenters. The fourth-order valence-electron chi connectivity index (χ4n) is 5.24. The minimum Gasteiger partial charge on any atom is -0.492 e. The Morgan fingerprint density at radius 2 is 1.87 bits per heavy atom. The number of hydrogen-bond acceptors (Lipinski definition) is 6. The SMILES string of the molecule is CC1(Oc2ccnc3c2nc(-c2ccc(OCCN4CCNCC4)cc2Cl)n3Cc2ccccc2)CCC1. The molecule has 0 bridgehead atoms. The largest absolute Gasteiger partial charge is 0.492 e. The van der Waals surface area contributed by atoms with Gasteiger partial charge in [-0.3, -0.25) is 4.90 Å². The molecule has 2 aromatic carbocycles. The Morgan fingerprint density at radius 3 is 2.61 bits per heavy atom. The molecule has 38 heavy (non-hydrogen) atoms. The minimum absolute atomic E-state index is 0.140. The Labute approximate surface area is 228 Å². The molecular formula is C30H34ClN5O2. The summed E-state index contributed by atoms with van der Waals surface area (Å²) in [5, 5.41) is 3.98. The summed E-state index contributed by atoms with van der Waals surface area (Å²) < 4.78 is 14.7. The second kappa shape index (κ2) is 10.9. The molecule has 1 saturated heterocycles. The van der Waals surface area contributed by atoms with Gasteiger partial charge in [0.25, 0.3) is 0 Å². The Kier molecular flexibility index (Phi) is 7.24. The molecule has 7 nitrogen and oxygen atoms in total. The summed E-state index contributed by atoms with van der Waals surface area (Å²) in [5.41, 5.74) is 3.42. The van der Waals surface area contributed by atoms with Crippen LogP contribution < -0.4 is 14.8 Å². The van der Waals surface area contributed by atoms with Crippen molar-refractivity contribution >= 4 is 22.8 Å². The van der Waals surface area contributed by atoms with Gasteiger partial charge >= 0.3 is 0 Å². The van der Waals surface area contributed by atoms with Gasteiger partial charge in [0, 0.05) is 50.6 Å². The second-order valence-corrected chi connectivity index (χ2v) is 10.9. The highest BCUT2D eigenvalue weighted by Gasteiger charge is 2.35. The minimum atomic E-state index is -0.140. The average molecular weight is 532 g/mol. The van der Waals surface area contributed by atoms with Crippen LogP contribution in [0.4, 0.5) is 0 Å². The predicted molar refractivity (Wildman–Crippen MR) is 151 cm³/mol. The van der Waals surface area contributed by atoms with E-state index in [-0.39, 0.29) is 5.60 Å². The Bertz CT molecular complexity index is 1400. The molecule has 1 saturated carbocycles. The van der Waals surface area contributed by atoms with E-state index >= 15 is 0 Å². The summed E-state index contributed by atoms with van der Waals surface area (Å²) in [6.45, 7) is 8.50. The highest BCUT2D eigenvalue weighted by atomic mass is 35.5. The summed E-state index contributed by atoms with van der Waals surface area (Å²) in [5.74, 6) is 2.30. The van der Waals surface area contributed by atoms with E-state index < -0.39 is 0 Å². The number of fused-ring (bicyclic) bond motifs is 1. The van der Waals surface area contributed by atoms with Gasteiger partial charge in [-0.2, -0.15) is 0 Å². The maximum Gasteiger partial charge on any atom is 0.164 e. The van der Waals surface area contributed by atoms with Gasteiger partial charge in [0.05, 0.1) is 11.6 Å². The van der Waals surface area contributed by atoms with Crippen LogP contribution in [0.25, 0.3) is 22.6 Å². The van der Waals surface area contributed by atoms with Gasteiger partial charge < -0.3 is 19.4 Å². The predicted octanol–water partition coefficient (Wildman–Crippen LogP) is 5.41. The highest BCUT2D eigenvalue weighted by molar-refractivity contribution is 6.33. The number of ether oxygens (including phenoxy) is 2. The summed E-state index contributed by atoms with van der Waals surface area (Å²) in [7, 11) is 0. The van der Waals surface area contributed by atoms with Gasteiger partial charge in [-0.1, -0.05) is 41.9 Å². The first kappa shape index (κ1) is 25.2. The number of nitrogens with one attached hydrogen (secondary N) is 1. The third kappa shape index (κ3) is 5.37. The van der Waals surface area contributed by atoms with Crippen LogP contribution in [0.1, 0.15) is 31.7 Å². The summed E-state index contributed by atoms with van der Waals surface area (Å²) in [6.07, 6.45) is 5.11. The van der Waals surface area contributed by atoms with Crippen LogP contribution in [0.5, 0.6) is 11.5 Å². The first-order valence-electron chi connectivity index (χ1n) is 13.5. The molecule has 3 heterocycles. The van der Waals surface area contributed by atoms with Crippen LogP contribution in [-0.4, -0.2) is 64.4 Å². The second-order valence-electron chi connectivity index (χ2n) is 10.5. The van der Waals surface area contributed by atoms with E-state index in [4.69, 9.17) is 31.0 Å². The fourth-order valence-corrected chi connectivity index (χ4v) is 5.49. The molecule has 0 spiro atoms. The number of piperazine rings is 1. The summed E-state index contributed by atoms with van der Waals surface area (Å²) >= 11 is 6.87. The first-order chi connectivity index (χ1) is 18.6. The van der Waals surface area contributed by atoms with Crippen molar-refractivity contribution < 1.29 is 9.47 Å². The van der Waals surface area contributed by atoms with Crippen molar-refractivity contribution in [1.29, 1.82) is 0 Å². The third-order valence-electron chi connectivity index (χ3n) is 7.62. The van der Waals surface area contributed by atoms with Crippen LogP contribution >= 0.6 is 11.6 Å². The number of pyridine rings is 1. The maximum absolute atomic E-state index is 6.87. The summed E-state index contributed by atoms with van der Waals surface area (Å²) in [6, 6.07) is 18.1. The van der Waals surface area contributed by atoms with Crippen molar-refractivity contribution in [2.75, 3.05) is 39.3 Å². The Hall–Kier alpha value is -3.13. The molecule has 1 N–H and O–H groups in total. The van der Waals surface area contributed by atoms with E-state index in [9.17, 15) is 0 Å². The molecule has 0 unspecified atom stereocenters. The van der Waals surface area contributed by atoms with Crippen molar-refractivity contribution in [3.8, 4) is 22.9 Å². The van der Waals surface area contributed by atoms with Gasteiger partial charge in [-0.25, -0.2) is 9.97 Å². The lowest BCUT2D eigenvalue weighted by atomic mass is 9.82. The maximum atomic E-state index is 6.87. The lowest BCUT2D eigenvalue weighted by Gasteiger charge is -2.38. The third-order valence-corrected chi connectivity index (χ3v) is 7.93. The molecule has 0 amide bonds. The van der Waals surface area contributed by atoms with E-state index in [1.54, 1.807) is 0 Å². The van der Waals surface area contributed by atoms with Gasteiger partial charge in [0.2, 0.25) is 0 Å². The van der Waals surface area contributed by atoms with Gasteiger partial charge in [-0.05, 0) is 49.9 Å². The fraction of sp³-hybridized carbons (Fsp3) is 0.400. The quantitative estimate of drug-likeness (QED) is 0.312. The molecule has 1 aliphatic heterocycles. The number of imidazole rings is 1. The normalized spacial score (nSPS) is 17.3. The van der Waals surface area contributed by atoms with Crippen LogP contribution in [0.15, 0.2) is 60.8 Å². The lowest BCUT2D eigenvalue weighted by Crippen LogP contribution is -2.44. The van der Waals surface area contributed by atoms with Crippen molar-refractivity contribution in [2.24, 2.45) is 0 Å². The van der Waals surface area contributed by atoms with Crippen molar-refractivity contribution in [3.05, 3.63) is 71.4 Å². The highest BCUT2D eigenvalue weighted by Crippen LogP contribution is 2.40. The summed E-state index contributed by atoms with van der Waals surface area (Å²) in [4.78, 5) is 12.2. The van der Waals surface area contributed by atoms with Gasteiger partial charge in [0.1, 0.15) is 23.8 Å². The van der Waals surface area contributed by atoms with Crippen molar-refractivity contribution in [1.82, 2.24) is 24.8 Å². The molecule has 2 aromatic heterocycles. The molecule has 0 radical (unpaired) electrons. The average Bonchev–Trinajstić information content (AvgIpc) is 3.28. The van der Waals surface area contributed by atoms with E-state index in [0.29, 0.717) is 18.2 Å². The molecule has 6 rings (SSSR count). The Balaban J connectivity index is 1.31. The molecule has 8 heteroatoms. The molecule has 2 aliphatic rings. The zero-order chi connectivity index (χ0) is 26.0. The first-order valence-corrected chi connectivity index (χ1v) is 13.9. The standard InChI is InChI=1S/C30H34ClN5O2/c1-30(11-5-12-30)38-26-10-13-33-29-27(26)34-28(36(29)21-22-6-3-2-4-7-22)24-9-8-23(20-25(24)31)37-19-18-35-16-14-32-15-17-35/h2-4,6-10,13,20,32H,5,11-12,14-19,21H2,1H3. The van der Waals surface area contributed by atoms with E-state index in [1.807, 2.05) is 48.7 Å². The number of rotatable bonds is 9. The molecule has 1 aliphatic carbocycles. The zero-order valence-electron chi connectivity index (χ0n) is 21.8. The van der Waals surface area contributed by atoms with E-state index in [0.717, 1.165) is 85.2 Å². The van der Waals surface area contributed by atoms with Crippen molar-refractivity contribution in [2.45, 2.75) is 38.3 Å². The number of benzene rings is 2. The monoisotopic (exact) mass is 531 g/mol.